The molecule has 0 aliphatic carbocycles. The molecule has 1 fully saturated rings. The van der Waals surface area contributed by atoms with Crippen LogP contribution in [0.5, 0.6) is 5.75 Å². The van der Waals surface area contributed by atoms with E-state index in [-0.39, 0.29) is 12.5 Å². The Bertz CT molecular complexity index is 934. The largest absolute Gasteiger partial charge is 0.483 e. The van der Waals surface area contributed by atoms with Crippen LogP contribution in [0.4, 0.5) is 0 Å². The molecule has 0 atom stereocenters. The van der Waals surface area contributed by atoms with Gasteiger partial charge in [0.15, 0.2) is 12.2 Å². The molecule has 0 spiro atoms. The molecule has 0 radical (unpaired) electrons. The number of oxazole rings is 1. The Hall–Kier alpha value is -2.57. The molecule has 6 nitrogen and oxygen atoms in total. The van der Waals surface area contributed by atoms with Crippen LogP contribution in [0.15, 0.2) is 46.9 Å². The zero-order valence-electron chi connectivity index (χ0n) is 14.0. The minimum Gasteiger partial charge on any atom is -0.483 e. The van der Waals surface area contributed by atoms with Crippen molar-refractivity contribution in [1.82, 2.24) is 9.88 Å². The predicted octanol–water partition coefficient (Wildman–Crippen LogP) is 3.39. The fourth-order valence-corrected chi connectivity index (χ4v) is 2.99. The van der Waals surface area contributed by atoms with E-state index in [0.29, 0.717) is 59.6 Å². The van der Waals surface area contributed by atoms with Gasteiger partial charge in [0.1, 0.15) is 11.3 Å². The summed E-state index contributed by atoms with van der Waals surface area (Å²) in [6.45, 7) is 2.27. The Morgan fingerprint density at radius 2 is 2.00 bits per heavy atom. The molecule has 0 bridgehead atoms. The minimum atomic E-state index is -0.0625. The fourth-order valence-electron chi connectivity index (χ4n) is 2.83. The van der Waals surface area contributed by atoms with Gasteiger partial charge >= 0.3 is 0 Å². The number of amides is 1. The number of fused-ring (bicyclic) bond motifs is 1. The summed E-state index contributed by atoms with van der Waals surface area (Å²) >= 11 is 6.01. The Morgan fingerprint density at radius 1 is 1.19 bits per heavy atom. The summed E-state index contributed by atoms with van der Waals surface area (Å²) in [5.41, 5.74) is 2.00. The second-order valence-electron chi connectivity index (χ2n) is 5.91. The molecule has 0 N–H and O–H groups in total. The van der Waals surface area contributed by atoms with Gasteiger partial charge in [-0.2, -0.15) is 0 Å². The van der Waals surface area contributed by atoms with Crippen molar-refractivity contribution in [2.24, 2.45) is 0 Å². The highest BCUT2D eigenvalue weighted by molar-refractivity contribution is 6.31. The third-order valence-electron chi connectivity index (χ3n) is 4.18. The van der Waals surface area contributed by atoms with Gasteiger partial charge in [-0.15, -0.1) is 0 Å². The van der Waals surface area contributed by atoms with Crippen LogP contribution < -0.4 is 4.74 Å². The van der Waals surface area contributed by atoms with Crippen molar-refractivity contribution in [2.75, 3.05) is 32.9 Å². The van der Waals surface area contributed by atoms with Gasteiger partial charge in [-0.3, -0.25) is 4.79 Å². The molecule has 1 aliphatic heterocycles. The van der Waals surface area contributed by atoms with Crippen molar-refractivity contribution in [2.45, 2.75) is 0 Å². The van der Waals surface area contributed by atoms with Crippen LogP contribution in [0.1, 0.15) is 0 Å². The van der Waals surface area contributed by atoms with Crippen molar-refractivity contribution in [3.05, 3.63) is 47.5 Å². The third-order valence-corrected chi connectivity index (χ3v) is 4.42. The van der Waals surface area contributed by atoms with Crippen molar-refractivity contribution >= 4 is 28.6 Å². The number of para-hydroxylation sites is 1. The van der Waals surface area contributed by atoms with E-state index in [1.807, 2.05) is 18.2 Å². The van der Waals surface area contributed by atoms with Crippen LogP contribution in [0.3, 0.4) is 0 Å². The van der Waals surface area contributed by atoms with Crippen LogP contribution in [-0.2, 0) is 9.53 Å². The van der Waals surface area contributed by atoms with Crippen LogP contribution >= 0.6 is 11.6 Å². The maximum atomic E-state index is 12.3. The van der Waals surface area contributed by atoms with Crippen LogP contribution in [0.2, 0.25) is 5.02 Å². The van der Waals surface area contributed by atoms with E-state index < -0.39 is 0 Å². The number of nitrogens with zero attached hydrogens (tertiary/aromatic N) is 2. The Kier molecular flexibility index (Phi) is 4.77. The van der Waals surface area contributed by atoms with Crippen LogP contribution in [0.25, 0.3) is 22.6 Å². The summed E-state index contributed by atoms with van der Waals surface area (Å²) in [5, 5.41) is 0.595. The Morgan fingerprint density at radius 3 is 2.85 bits per heavy atom. The first-order valence-corrected chi connectivity index (χ1v) is 8.72. The van der Waals surface area contributed by atoms with E-state index in [1.54, 1.807) is 29.2 Å². The SMILES string of the molecule is O=C(COc1ccccc1-c1nc2cc(Cl)ccc2o1)N1CCOCC1. The molecule has 1 amide bonds. The van der Waals surface area contributed by atoms with Gasteiger partial charge in [-0.1, -0.05) is 23.7 Å². The molecular formula is C19H17ClN2O4. The summed E-state index contributed by atoms with van der Waals surface area (Å²) in [5.74, 6) is 0.913. The monoisotopic (exact) mass is 372 g/mol. The smallest absolute Gasteiger partial charge is 0.260 e. The number of hydrogen-bond acceptors (Lipinski definition) is 5. The molecule has 0 unspecified atom stereocenters. The summed E-state index contributed by atoms with van der Waals surface area (Å²) in [4.78, 5) is 18.5. The third kappa shape index (κ3) is 3.52. The van der Waals surface area contributed by atoms with Gasteiger partial charge in [0, 0.05) is 18.1 Å². The van der Waals surface area contributed by atoms with Crippen LogP contribution in [0, 0.1) is 0 Å². The summed E-state index contributed by atoms with van der Waals surface area (Å²) in [6.07, 6.45) is 0. The number of carbonyl (C=O) groups excluding carboxylic acids is 1. The average Bonchev–Trinajstić information content (AvgIpc) is 3.10. The van der Waals surface area contributed by atoms with E-state index in [4.69, 9.17) is 25.5 Å². The molecule has 1 aromatic heterocycles. The topological polar surface area (TPSA) is 64.8 Å². The van der Waals surface area contributed by atoms with Crippen molar-refractivity contribution < 1.29 is 18.7 Å². The molecule has 2 heterocycles. The van der Waals surface area contributed by atoms with E-state index >= 15 is 0 Å². The molecule has 1 aliphatic rings. The standard InChI is InChI=1S/C19H17ClN2O4/c20-13-5-6-17-15(11-13)21-19(26-17)14-3-1-2-4-16(14)25-12-18(23)22-7-9-24-10-8-22/h1-6,11H,7-10,12H2. The first-order valence-electron chi connectivity index (χ1n) is 8.34. The highest BCUT2D eigenvalue weighted by Gasteiger charge is 2.19. The second kappa shape index (κ2) is 7.35. The quantitative estimate of drug-likeness (QED) is 0.702. The number of carbonyl (C=O) groups is 1. The van der Waals surface area contributed by atoms with Crippen molar-refractivity contribution in [3.63, 3.8) is 0 Å². The summed E-state index contributed by atoms with van der Waals surface area (Å²) in [7, 11) is 0. The van der Waals surface area contributed by atoms with E-state index in [2.05, 4.69) is 4.98 Å². The molecule has 134 valence electrons. The lowest BCUT2D eigenvalue weighted by molar-refractivity contribution is -0.137. The second-order valence-corrected chi connectivity index (χ2v) is 6.35. The Labute approximate surface area is 155 Å². The number of halogens is 1. The lowest BCUT2D eigenvalue weighted by Crippen LogP contribution is -2.43. The molecule has 0 saturated carbocycles. The van der Waals surface area contributed by atoms with E-state index in [9.17, 15) is 4.79 Å². The highest BCUT2D eigenvalue weighted by Crippen LogP contribution is 2.32. The van der Waals surface area contributed by atoms with Crippen LogP contribution in [-0.4, -0.2) is 48.7 Å². The molecule has 4 rings (SSSR count). The molecular weight excluding hydrogens is 356 g/mol. The fraction of sp³-hybridized carbons (Fsp3) is 0.263. The lowest BCUT2D eigenvalue weighted by Gasteiger charge is -2.26. The first-order chi connectivity index (χ1) is 12.7. The van der Waals surface area contributed by atoms with Crippen molar-refractivity contribution in [3.8, 4) is 17.2 Å². The number of aromatic nitrogens is 1. The maximum absolute atomic E-state index is 12.3. The zero-order valence-corrected chi connectivity index (χ0v) is 14.7. The van der Waals surface area contributed by atoms with Gasteiger partial charge in [0.25, 0.3) is 5.91 Å². The Balaban J connectivity index is 1.55. The molecule has 3 aromatic rings. The molecule has 7 heteroatoms. The highest BCUT2D eigenvalue weighted by atomic mass is 35.5. The van der Waals surface area contributed by atoms with E-state index in [1.165, 1.54) is 0 Å². The normalized spacial score (nSPS) is 14.6. The predicted molar refractivity (Wildman–Crippen MR) is 97.3 cm³/mol. The number of hydrogen-bond donors (Lipinski definition) is 0. The number of ether oxygens (including phenoxy) is 2. The van der Waals surface area contributed by atoms with E-state index in [0.717, 1.165) is 0 Å². The summed E-state index contributed by atoms with van der Waals surface area (Å²) < 4.78 is 16.8. The minimum absolute atomic E-state index is 0.0386. The van der Waals surface area contributed by atoms with Gasteiger partial charge in [-0.25, -0.2) is 4.98 Å². The molecule has 2 aromatic carbocycles. The molecule has 26 heavy (non-hydrogen) atoms. The number of morpholine rings is 1. The maximum Gasteiger partial charge on any atom is 0.260 e. The van der Waals surface area contributed by atoms with Gasteiger partial charge in [0.2, 0.25) is 5.89 Å². The van der Waals surface area contributed by atoms with Gasteiger partial charge in [0.05, 0.1) is 18.8 Å². The van der Waals surface area contributed by atoms with Gasteiger partial charge < -0.3 is 18.8 Å². The summed E-state index contributed by atoms with van der Waals surface area (Å²) in [6, 6.07) is 12.6. The number of rotatable bonds is 4. The average molecular weight is 373 g/mol. The zero-order chi connectivity index (χ0) is 17.9. The number of benzene rings is 2. The van der Waals surface area contributed by atoms with Crippen molar-refractivity contribution in [1.29, 1.82) is 0 Å². The lowest BCUT2D eigenvalue weighted by atomic mass is 10.2. The van der Waals surface area contributed by atoms with Gasteiger partial charge in [-0.05, 0) is 30.3 Å². The first kappa shape index (κ1) is 16.9. The molecule has 1 saturated heterocycles.